The van der Waals surface area contributed by atoms with E-state index >= 15 is 0 Å². The van der Waals surface area contributed by atoms with E-state index in [1.807, 2.05) is 23.1 Å². The second-order valence-electron chi connectivity index (χ2n) is 7.88. The molecule has 1 aromatic rings. The lowest BCUT2D eigenvalue weighted by Gasteiger charge is -2.40. The summed E-state index contributed by atoms with van der Waals surface area (Å²) < 4.78 is 0. The van der Waals surface area contributed by atoms with Crippen molar-refractivity contribution in [1.82, 2.24) is 10.2 Å². The molecule has 2 fully saturated rings. The van der Waals surface area contributed by atoms with Crippen LogP contribution in [0, 0.1) is 0 Å². The third-order valence-corrected chi connectivity index (χ3v) is 6.07. The first-order valence-electron chi connectivity index (χ1n) is 10.4. The smallest absolute Gasteiger partial charge is 0.227 e. The number of anilines is 2. The van der Waals surface area contributed by atoms with Crippen molar-refractivity contribution >= 4 is 23.2 Å². The number of likely N-dealkylation sites (tertiary alicyclic amines) is 1. The van der Waals surface area contributed by atoms with Gasteiger partial charge in [-0.05, 0) is 50.9 Å². The predicted octanol–water partition coefficient (Wildman–Crippen LogP) is 1.99. The fourth-order valence-electron chi connectivity index (χ4n) is 4.63. The van der Waals surface area contributed by atoms with Crippen LogP contribution < -0.4 is 15.1 Å². The number of nitrogens with zero attached hydrogens (tertiary/aromatic N) is 3. The highest BCUT2D eigenvalue weighted by Crippen LogP contribution is 2.39. The standard InChI is InChI=1S/C21H30N4O2/c26-20(22-11-15-23-12-3-4-13-23)9-10-21(27)25-16-17-6-5-14-24(17)18-7-1-2-8-19(18)25/h1-2,7-8,17H,3-6,9-16H2,(H,22,26)/t17-/m0/s1. The van der Waals surface area contributed by atoms with Gasteiger partial charge >= 0.3 is 0 Å². The largest absolute Gasteiger partial charge is 0.365 e. The van der Waals surface area contributed by atoms with Crippen LogP contribution in [-0.2, 0) is 9.59 Å². The summed E-state index contributed by atoms with van der Waals surface area (Å²) >= 11 is 0. The lowest BCUT2D eigenvalue weighted by molar-refractivity contribution is -0.125. The van der Waals surface area contributed by atoms with Gasteiger partial charge in [-0.25, -0.2) is 0 Å². The summed E-state index contributed by atoms with van der Waals surface area (Å²) in [5.41, 5.74) is 2.16. The number of fused-ring (bicyclic) bond motifs is 3. The second kappa shape index (κ2) is 8.30. The number of benzene rings is 1. The Morgan fingerprint density at radius 2 is 1.78 bits per heavy atom. The summed E-state index contributed by atoms with van der Waals surface area (Å²) in [4.78, 5) is 31.7. The molecule has 0 saturated carbocycles. The molecule has 0 bridgehead atoms. The molecule has 1 aromatic carbocycles. The first kappa shape index (κ1) is 18.3. The zero-order valence-electron chi connectivity index (χ0n) is 16.0. The van der Waals surface area contributed by atoms with Crippen LogP contribution in [-0.4, -0.2) is 62.0 Å². The highest BCUT2D eigenvalue weighted by atomic mass is 16.2. The highest BCUT2D eigenvalue weighted by Gasteiger charge is 2.35. The summed E-state index contributed by atoms with van der Waals surface area (Å²) in [5.74, 6) is 0.0408. The van der Waals surface area contributed by atoms with Crippen LogP contribution in [0.1, 0.15) is 38.5 Å². The van der Waals surface area contributed by atoms with Gasteiger partial charge in [-0.15, -0.1) is 0 Å². The molecule has 146 valence electrons. The van der Waals surface area contributed by atoms with Crippen LogP contribution in [0.2, 0.25) is 0 Å². The molecule has 0 radical (unpaired) electrons. The van der Waals surface area contributed by atoms with Crippen molar-refractivity contribution in [3.63, 3.8) is 0 Å². The van der Waals surface area contributed by atoms with Crippen molar-refractivity contribution in [1.29, 1.82) is 0 Å². The van der Waals surface area contributed by atoms with E-state index in [9.17, 15) is 9.59 Å². The Bertz CT molecular complexity index is 687. The Morgan fingerprint density at radius 1 is 1.00 bits per heavy atom. The minimum atomic E-state index is -0.0182. The molecular formula is C21H30N4O2. The fourth-order valence-corrected chi connectivity index (χ4v) is 4.63. The summed E-state index contributed by atoms with van der Waals surface area (Å²) in [5, 5.41) is 2.96. The number of carbonyl (C=O) groups is 2. The number of nitrogens with one attached hydrogen (secondary N) is 1. The summed E-state index contributed by atoms with van der Waals surface area (Å²) in [7, 11) is 0. The molecule has 27 heavy (non-hydrogen) atoms. The van der Waals surface area contributed by atoms with Crippen molar-refractivity contribution in [3.05, 3.63) is 24.3 Å². The van der Waals surface area contributed by atoms with Gasteiger partial charge in [-0.1, -0.05) is 12.1 Å². The molecule has 0 aliphatic carbocycles. The Morgan fingerprint density at radius 3 is 2.59 bits per heavy atom. The van der Waals surface area contributed by atoms with E-state index in [2.05, 4.69) is 21.2 Å². The average Bonchev–Trinajstić information content (AvgIpc) is 3.37. The van der Waals surface area contributed by atoms with Gasteiger partial charge in [0.05, 0.1) is 11.4 Å². The highest BCUT2D eigenvalue weighted by molar-refractivity contribution is 5.99. The molecule has 2 saturated heterocycles. The summed E-state index contributed by atoms with van der Waals surface area (Å²) in [6, 6.07) is 8.57. The van der Waals surface area contributed by atoms with Crippen molar-refractivity contribution < 1.29 is 9.59 Å². The lowest BCUT2D eigenvalue weighted by atomic mass is 10.1. The first-order chi connectivity index (χ1) is 13.2. The van der Waals surface area contributed by atoms with Gasteiger partial charge in [0.25, 0.3) is 0 Å². The minimum absolute atomic E-state index is 0.0182. The first-order valence-corrected chi connectivity index (χ1v) is 10.4. The van der Waals surface area contributed by atoms with E-state index in [1.165, 1.54) is 19.3 Å². The molecule has 1 atom stereocenters. The van der Waals surface area contributed by atoms with E-state index < -0.39 is 0 Å². The number of para-hydroxylation sites is 2. The second-order valence-corrected chi connectivity index (χ2v) is 7.88. The molecule has 6 heteroatoms. The predicted molar refractivity (Wildman–Crippen MR) is 107 cm³/mol. The SMILES string of the molecule is O=C(CCC(=O)N1C[C@@H]2CCCN2c2ccccc21)NCCN1CCCC1. The van der Waals surface area contributed by atoms with Crippen molar-refractivity contribution in [3.8, 4) is 0 Å². The molecule has 0 aromatic heterocycles. The summed E-state index contributed by atoms with van der Waals surface area (Å²) in [6.07, 6.45) is 5.38. The number of amides is 2. The average molecular weight is 370 g/mol. The number of carbonyl (C=O) groups excluding carboxylic acids is 2. The molecule has 0 unspecified atom stereocenters. The maximum atomic E-state index is 12.9. The summed E-state index contributed by atoms with van der Waals surface area (Å²) in [6.45, 7) is 5.69. The van der Waals surface area contributed by atoms with Crippen molar-refractivity contribution in [2.24, 2.45) is 0 Å². The molecule has 0 spiro atoms. The van der Waals surface area contributed by atoms with Crippen LogP contribution in [0.25, 0.3) is 0 Å². The van der Waals surface area contributed by atoms with Gasteiger partial charge in [0.1, 0.15) is 0 Å². The molecule has 3 aliphatic rings. The third kappa shape index (κ3) is 4.10. The molecule has 6 nitrogen and oxygen atoms in total. The van der Waals surface area contributed by atoms with Crippen molar-refractivity contribution in [2.45, 2.75) is 44.6 Å². The molecular weight excluding hydrogens is 340 g/mol. The van der Waals surface area contributed by atoms with Gasteiger partial charge < -0.3 is 20.0 Å². The Labute approximate surface area is 161 Å². The monoisotopic (exact) mass is 370 g/mol. The Kier molecular flexibility index (Phi) is 5.62. The van der Waals surface area contributed by atoms with E-state index in [0.717, 1.165) is 50.5 Å². The van der Waals surface area contributed by atoms with Crippen LogP contribution in [0.3, 0.4) is 0 Å². The quantitative estimate of drug-likeness (QED) is 0.832. The van der Waals surface area contributed by atoms with Crippen LogP contribution in [0.4, 0.5) is 11.4 Å². The molecule has 2 amide bonds. The topological polar surface area (TPSA) is 55.9 Å². The molecule has 4 rings (SSSR count). The van der Waals surface area contributed by atoms with E-state index in [-0.39, 0.29) is 24.7 Å². The van der Waals surface area contributed by atoms with Gasteiger partial charge in [-0.2, -0.15) is 0 Å². The molecule has 3 aliphatic heterocycles. The number of hydrogen-bond donors (Lipinski definition) is 1. The molecule has 3 heterocycles. The van der Waals surface area contributed by atoms with Crippen LogP contribution >= 0.6 is 0 Å². The zero-order chi connectivity index (χ0) is 18.6. The minimum Gasteiger partial charge on any atom is -0.365 e. The third-order valence-electron chi connectivity index (χ3n) is 6.07. The van der Waals surface area contributed by atoms with E-state index in [0.29, 0.717) is 12.6 Å². The van der Waals surface area contributed by atoms with Gasteiger partial charge in [0.2, 0.25) is 11.8 Å². The normalized spacial score (nSPS) is 21.9. The lowest BCUT2D eigenvalue weighted by Crippen LogP contribution is -2.48. The van der Waals surface area contributed by atoms with Gasteiger partial charge in [-0.3, -0.25) is 9.59 Å². The van der Waals surface area contributed by atoms with Gasteiger partial charge in [0.15, 0.2) is 0 Å². The van der Waals surface area contributed by atoms with Crippen LogP contribution in [0.15, 0.2) is 24.3 Å². The van der Waals surface area contributed by atoms with Crippen LogP contribution in [0.5, 0.6) is 0 Å². The molecule has 1 N–H and O–H groups in total. The maximum absolute atomic E-state index is 12.9. The zero-order valence-corrected chi connectivity index (χ0v) is 16.0. The fraction of sp³-hybridized carbons (Fsp3) is 0.619. The maximum Gasteiger partial charge on any atom is 0.227 e. The van der Waals surface area contributed by atoms with E-state index in [4.69, 9.17) is 0 Å². The number of rotatable bonds is 6. The van der Waals surface area contributed by atoms with E-state index in [1.54, 1.807) is 0 Å². The Balaban J connectivity index is 1.29. The van der Waals surface area contributed by atoms with Crippen molar-refractivity contribution in [2.75, 3.05) is 49.1 Å². The Hall–Kier alpha value is -2.08. The van der Waals surface area contributed by atoms with Gasteiger partial charge in [0, 0.05) is 45.1 Å². The number of hydrogen-bond acceptors (Lipinski definition) is 4.